The molecule has 0 heterocycles. The molecule has 0 saturated carbocycles. The van der Waals surface area contributed by atoms with Crippen LogP contribution in [0, 0.1) is 10.1 Å². The maximum Gasteiger partial charge on any atom is 0.271 e. The molecule has 0 aromatic heterocycles. The third kappa shape index (κ3) is 3.29. The van der Waals surface area contributed by atoms with Crippen molar-refractivity contribution < 1.29 is 14.4 Å². The van der Waals surface area contributed by atoms with Gasteiger partial charge in [0.25, 0.3) is 5.69 Å². The summed E-state index contributed by atoms with van der Waals surface area (Å²) in [6, 6.07) is 9.00. The molecule has 0 amide bonds. The van der Waals surface area contributed by atoms with Gasteiger partial charge in [-0.15, -0.1) is 5.11 Å². The lowest BCUT2D eigenvalue weighted by Crippen LogP contribution is -1.93. The number of nitrogens with zero attached hydrogens (tertiary/aromatic N) is 3. The van der Waals surface area contributed by atoms with Crippen molar-refractivity contribution in [1.29, 1.82) is 0 Å². The standard InChI is InChI=1S/C14H14N4O4/c1-21-13-8-12(14(22-2)7-11(13)15)17-16-9-4-3-5-10(6-9)18(19)20/h3-8H,15H2,1-2H3. The number of nitrogens with two attached hydrogens (primary N) is 1. The first-order chi connectivity index (χ1) is 10.5. The summed E-state index contributed by atoms with van der Waals surface area (Å²) in [6.07, 6.45) is 0. The lowest BCUT2D eigenvalue weighted by atomic mass is 10.2. The molecule has 114 valence electrons. The average Bonchev–Trinajstić information content (AvgIpc) is 2.53. The van der Waals surface area contributed by atoms with Crippen molar-refractivity contribution in [1.82, 2.24) is 0 Å². The van der Waals surface area contributed by atoms with Gasteiger partial charge in [-0.2, -0.15) is 5.11 Å². The molecule has 0 aliphatic carbocycles. The fraction of sp³-hybridized carbons (Fsp3) is 0.143. The number of hydrogen-bond donors (Lipinski definition) is 1. The zero-order valence-corrected chi connectivity index (χ0v) is 12.0. The lowest BCUT2D eigenvalue weighted by molar-refractivity contribution is -0.384. The monoisotopic (exact) mass is 302 g/mol. The largest absolute Gasteiger partial charge is 0.495 e. The molecule has 0 spiro atoms. The summed E-state index contributed by atoms with van der Waals surface area (Å²) in [6.45, 7) is 0. The Morgan fingerprint density at radius 1 is 1.09 bits per heavy atom. The summed E-state index contributed by atoms with van der Waals surface area (Å²) in [4.78, 5) is 10.2. The summed E-state index contributed by atoms with van der Waals surface area (Å²) in [5.41, 5.74) is 6.89. The van der Waals surface area contributed by atoms with Crippen LogP contribution >= 0.6 is 0 Å². The average molecular weight is 302 g/mol. The number of methoxy groups -OCH3 is 2. The summed E-state index contributed by atoms with van der Waals surface area (Å²) < 4.78 is 10.3. The first-order valence-electron chi connectivity index (χ1n) is 6.23. The Morgan fingerprint density at radius 3 is 2.45 bits per heavy atom. The van der Waals surface area contributed by atoms with Crippen LogP contribution in [-0.4, -0.2) is 19.1 Å². The van der Waals surface area contributed by atoms with Crippen molar-refractivity contribution in [3.8, 4) is 11.5 Å². The second-order valence-corrected chi connectivity index (χ2v) is 4.24. The number of non-ortho nitro benzene ring substituents is 1. The fourth-order valence-electron chi connectivity index (χ4n) is 1.76. The Bertz CT molecular complexity index is 731. The minimum absolute atomic E-state index is 0.0571. The van der Waals surface area contributed by atoms with E-state index in [2.05, 4.69) is 10.2 Å². The van der Waals surface area contributed by atoms with Crippen LogP contribution in [0.5, 0.6) is 11.5 Å². The van der Waals surface area contributed by atoms with Gasteiger partial charge in [0.15, 0.2) is 0 Å². The van der Waals surface area contributed by atoms with E-state index in [0.29, 0.717) is 28.6 Å². The quantitative estimate of drug-likeness (QED) is 0.392. The third-order valence-electron chi connectivity index (χ3n) is 2.84. The molecular formula is C14H14N4O4. The summed E-state index contributed by atoms with van der Waals surface area (Å²) in [5.74, 6) is 0.862. The predicted molar refractivity (Wildman–Crippen MR) is 81.2 cm³/mol. The number of anilines is 1. The minimum Gasteiger partial charge on any atom is -0.495 e. The van der Waals surface area contributed by atoms with Gasteiger partial charge in [-0.05, 0) is 6.07 Å². The highest BCUT2D eigenvalue weighted by atomic mass is 16.6. The Kier molecular flexibility index (Phi) is 4.52. The van der Waals surface area contributed by atoms with E-state index in [1.165, 1.54) is 32.4 Å². The number of benzene rings is 2. The van der Waals surface area contributed by atoms with Crippen molar-refractivity contribution in [2.24, 2.45) is 10.2 Å². The molecule has 0 saturated heterocycles. The predicted octanol–water partition coefficient (Wildman–Crippen LogP) is 3.61. The Balaban J connectivity index is 2.37. The summed E-state index contributed by atoms with van der Waals surface area (Å²) >= 11 is 0. The van der Waals surface area contributed by atoms with Crippen molar-refractivity contribution in [3.63, 3.8) is 0 Å². The smallest absolute Gasteiger partial charge is 0.271 e. The van der Waals surface area contributed by atoms with Crippen molar-refractivity contribution in [2.45, 2.75) is 0 Å². The number of ether oxygens (including phenoxy) is 2. The van der Waals surface area contributed by atoms with Gasteiger partial charge < -0.3 is 15.2 Å². The van der Waals surface area contributed by atoms with Crippen LogP contribution in [0.25, 0.3) is 0 Å². The van der Waals surface area contributed by atoms with E-state index in [1.807, 2.05) is 0 Å². The second-order valence-electron chi connectivity index (χ2n) is 4.24. The van der Waals surface area contributed by atoms with E-state index in [0.717, 1.165) is 0 Å². The van der Waals surface area contributed by atoms with Gasteiger partial charge in [0, 0.05) is 24.3 Å². The molecule has 22 heavy (non-hydrogen) atoms. The van der Waals surface area contributed by atoms with Crippen LogP contribution < -0.4 is 15.2 Å². The molecule has 8 nitrogen and oxygen atoms in total. The van der Waals surface area contributed by atoms with Crippen molar-refractivity contribution in [3.05, 3.63) is 46.5 Å². The number of nitro groups is 1. The van der Waals surface area contributed by atoms with E-state index in [-0.39, 0.29) is 5.69 Å². The number of hydrogen-bond acceptors (Lipinski definition) is 7. The van der Waals surface area contributed by atoms with E-state index in [1.54, 1.807) is 18.2 Å². The molecule has 2 N–H and O–H groups in total. The lowest BCUT2D eigenvalue weighted by Gasteiger charge is -2.09. The molecule has 0 unspecified atom stereocenters. The highest BCUT2D eigenvalue weighted by Gasteiger charge is 2.09. The zero-order valence-electron chi connectivity index (χ0n) is 12.0. The Labute approximate surface area is 126 Å². The molecule has 2 aromatic carbocycles. The highest BCUT2D eigenvalue weighted by Crippen LogP contribution is 2.37. The minimum atomic E-state index is -0.494. The van der Waals surface area contributed by atoms with Gasteiger partial charge in [-0.25, -0.2) is 0 Å². The molecule has 8 heteroatoms. The molecule has 0 bridgehead atoms. The summed E-state index contributed by atoms with van der Waals surface area (Å²) in [7, 11) is 2.97. The molecular weight excluding hydrogens is 288 g/mol. The molecule has 2 rings (SSSR count). The van der Waals surface area contributed by atoms with Gasteiger partial charge in [0.05, 0.1) is 30.5 Å². The molecule has 0 atom stereocenters. The van der Waals surface area contributed by atoms with E-state index in [4.69, 9.17) is 15.2 Å². The first kappa shape index (κ1) is 15.2. The van der Waals surface area contributed by atoms with E-state index >= 15 is 0 Å². The SMILES string of the molecule is COc1cc(N=Nc2cccc([N+](=O)[O-])c2)c(OC)cc1N. The van der Waals surface area contributed by atoms with Gasteiger partial charge in [-0.1, -0.05) is 6.07 Å². The van der Waals surface area contributed by atoms with Crippen LogP contribution in [0.1, 0.15) is 0 Å². The van der Waals surface area contributed by atoms with Crippen molar-refractivity contribution >= 4 is 22.7 Å². The third-order valence-corrected chi connectivity index (χ3v) is 2.84. The van der Waals surface area contributed by atoms with Crippen LogP contribution in [0.15, 0.2) is 46.6 Å². The van der Waals surface area contributed by atoms with Crippen LogP contribution in [0.2, 0.25) is 0 Å². The van der Waals surface area contributed by atoms with Gasteiger partial charge >= 0.3 is 0 Å². The van der Waals surface area contributed by atoms with Crippen molar-refractivity contribution in [2.75, 3.05) is 20.0 Å². The van der Waals surface area contributed by atoms with Gasteiger partial charge in [0.1, 0.15) is 17.2 Å². The van der Waals surface area contributed by atoms with Crippen LogP contribution in [0.3, 0.4) is 0 Å². The second kappa shape index (κ2) is 6.53. The highest BCUT2D eigenvalue weighted by molar-refractivity contribution is 5.67. The molecule has 0 aliphatic rings. The fourth-order valence-corrected chi connectivity index (χ4v) is 1.76. The Morgan fingerprint density at radius 2 is 1.82 bits per heavy atom. The zero-order chi connectivity index (χ0) is 16.1. The molecule has 0 fully saturated rings. The molecule has 2 aromatic rings. The van der Waals surface area contributed by atoms with Crippen LogP contribution in [0.4, 0.5) is 22.7 Å². The van der Waals surface area contributed by atoms with E-state index < -0.39 is 4.92 Å². The number of nitro benzene ring substituents is 1. The first-order valence-corrected chi connectivity index (χ1v) is 6.23. The maximum absolute atomic E-state index is 10.7. The van der Waals surface area contributed by atoms with Crippen LogP contribution in [-0.2, 0) is 0 Å². The number of nitrogen functional groups attached to an aromatic ring is 1. The Hall–Kier alpha value is -3.16. The number of rotatable bonds is 5. The van der Waals surface area contributed by atoms with E-state index in [9.17, 15) is 10.1 Å². The number of azo groups is 1. The van der Waals surface area contributed by atoms with Gasteiger partial charge in [0.2, 0.25) is 0 Å². The molecule has 0 aliphatic heterocycles. The normalized spacial score (nSPS) is 10.6. The summed E-state index contributed by atoms with van der Waals surface area (Å²) in [5, 5.41) is 18.7. The molecule has 0 radical (unpaired) electrons. The maximum atomic E-state index is 10.7. The topological polar surface area (TPSA) is 112 Å². The van der Waals surface area contributed by atoms with Gasteiger partial charge in [-0.3, -0.25) is 10.1 Å².